The van der Waals surface area contributed by atoms with Crippen molar-refractivity contribution in [3.05, 3.63) is 47.2 Å². The lowest BCUT2D eigenvalue weighted by molar-refractivity contribution is -0.139. The summed E-state index contributed by atoms with van der Waals surface area (Å²) in [6.45, 7) is 3.33. The zero-order valence-corrected chi connectivity index (χ0v) is 12.9. The topological polar surface area (TPSA) is 93.7 Å². The van der Waals surface area contributed by atoms with Gasteiger partial charge in [-0.3, -0.25) is 0 Å². The first kappa shape index (κ1) is 16.5. The van der Waals surface area contributed by atoms with Crippen LogP contribution in [0.4, 0.5) is 4.79 Å². The Kier molecular flexibility index (Phi) is 5.35. The Bertz CT molecular complexity index is 639. The second kappa shape index (κ2) is 7.44. The molecule has 1 atom stereocenters. The maximum atomic E-state index is 12.0. The van der Waals surface area contributed by atoms with Crippen LogP contribution in [0.25, 0.3) is 0 Å². The van der Waals surface area contributed by atoms with Crippen LogP contribution in [-0.4, -0.2) is 37.2 Å². The van der Waals surface area contributed by atoms with Crippen molar-refractivity contribution in [2.24, 2.45) is 0 Å². The number of urea groups is 1. The molecule has 122 valence electrons. The zero-order chi connectivity index (χ0) is 16.8. The van der Waals surface area contributed by atoms with Gasteiger partial charge < -0.3 is 20.1 Å². The van der Waals surface area contributed by atoms with Crippen LogP contribution in [0, 0.1) is 0 Å². The van der Waals surface area contributed by atoms with Gasteiger partial charge in [-0.1, -0.05) is 18.2 Å². The van der Waals surface area contributed by atoms with E-state index in [2.05, 4.69) is 10.6 Å². The summed E-state index contributed by atoms with van der Waals surface area (Å²) in [5.41, 5.74) is 0.857. The molecule has 2 N–H and O–H groups in total. The van der Waals surface area contributed by atoms with Gasteiger partial charge in [0, 0.05) is 0 Å². The molecule has 0 spiro atoms. The Hall–Kier alpha value is -2.83. The average molecular weight is 318 g/mol. The number of hydrogen-bond acceptors (Lipinski definition) is 5. The Morgan fingerprint density at radius 1 is 1.13 bits per heavy atom. The minimum absolute atomic E-state index is 0.208. The molecule has 0 bridgehead atoms. The average Bonchev–Trinajstić information content (AvgIpc) is 2.53. The highest BCUT2D eigenvalue weighted by Crippen LogP contribution is 2.15. The molecule has 1 aliphatic heterocycles. The van der Waals surface area contributed by atoms with Crippen molar-refractivity contribution in [3.8, 4) is 0 Å². The standard InChI is InChI=1S/C16H18N2O5/c1-3-22-15(20)13-10(2)17-16(21)18-12(13)9-23-14(19)11-7-5-4-6-8-11/h4-8,10H,3,9H2,1-2H3,(H2,17,18,21). The van der Waals surface area contributed by atoms with Crippen molar-refractivity contribution < 1.29 is 23.9 Å². The summed E-state index contributed by atoms with van der Waals surface area (Å²) >= 11 is 0. The normalized spacial score (nSPS) is 17.1. The molecule has 0 aliphatic carbocycles. The van der Waals surface area contributed by atoms with Crippen molar-refractivity contribution >= 4 is 18.0 Å². The number of rotatable bonds is 5. The van der Waals surface area contributed by atoms with Crippen LogP contribution in [0.1, 0.15) is 24.2 Å². The highest BCUT2D eigenvalue weighted by atomic mass is 16.5. The van der Waals surface area contributed by atoms with Crippen molar-refractivity contribution in [2.75, 3.05) is 13.2 Å². The van der Waals surface area contributed by atoms with E-state index in [1.54, 1.807) is 44.2 Å². The summed E-state index contributed by atoms with van der Waals surface area (Å²) in [6.07, 6.45) is 0. The summed E-state index contributed by atoms with van der Waals surface area (Å²) in [5.74, 6) is -1.10. The van der Waals surface area contributed by atoms with Gasteiger partial charge in [-0.2, -0.15) is 0 Å². The smallest absolute Gasteiger partial charge is 0.338 e. The lowest BCUT2D eigenvalue weighted by Gasteiger charge is -2.26. The molecule has 23 heavy (non-hydrogen) atoms. The number of benzene rings is 1. The molecule has 1 heterocycles. The largest absolute Gasteiger partial charge is 0.463 e. The van der Waals surface area contributed by atoms with E-state index in [1.165, 1.54) is 0 Å². The van der Waals surface area contributed by atoms with Crippen LogP contribution < -0.4 is 10.6 Å². The monoisotopic (exact) mass is 318 g/mol. The maximum absolute atomic E-state index is 12.0. The SMILES string of the molecule is CCOC(=O)C1=C(COC(=O)c2ccccc2)NC(=O)NC1C. The van der Waals surface area contributed by atoms with E-state index in [9.17, 15) is 14.4 Å². The minimum Gasteiger partial charge on any atom is -0.463 e. The van der Waals surface area contributed by atoms with Gasteiger partial charge in [0.15, 0.2) is 0 Å². The van der Waals surface area contributed by atoms with E-state index in [-0.39, 0.29) is 24.5 Å². The summed E-state index contributed by atoms with van der Waals surface area (Å²) in [5, 5.41) is 5.06. The molecule has 1 aromatic carbocycles. The molecule has 1 unspecified atom stereocenters. The van der Waals surface area contributed by atoms with Gasteiger partial charge in [-0.15, -0.1) is 0 Å². The molecular weight excluding hydrogens is 300 g/mol. The fourth-order valence-electron chi connectivity index (χ4n) is 2.19. The second-order valence-corrected chi connectivity index (χ2v) is 4.88. The van der Waals surface area contributed by atoms with Gasteiger partial charge >= 0.3 is 18.0 Å². The minimum atomic E-state index is -0.557. The van der Waals surface area contributed by atoms with Gasteiger partial charge in [0.05, 0.1) is 29.5 Å². The first-order valence-electron chi connectivity index (χ1n) is 7.22. The maximum Gasteiger partial charge on any atom is 0.338 e. The van der Waals surface area contributed by atoms with Crippen LogP contribution in [-0.2, 0) is 14.3 Å². The molecule has 1 aromatic rings. The van der Waals surface area contributed by atoms with E-state index in [4.69, 9.17) is 9.47 Å². The van der Waals surface area contributed by atoms with E-state index >= 15 is 0 Å². The third-order valence-corrected chi connectivity index (χ3v) is 3.22. The Labute approximate surface area is 133 Å². The predicted octanol–water partition coefficient (Wildman–Crippen LogP) is 1.36. The fraction of sp³-hybridized carbons (Fsp3) is 0.312. The fourth-order valence-corrected chi connectivity index (χ4v) is 2.19. The lowest BCUT2D eigenvalue weighted by Crippen LogP contribution is -2.50. The Morgan fingerprint density at radius 2 is 1.83 bits per heavy atom. The van der Waals surface area contributed by atoms with Gasteiger partial charge in [0.2, 0.25) is 0 Å². The second-order valence-electron chi connectivity index (χ2n) is 4.88. The first-order valence-corrected chi connectivity index (χ1v) is 7.22. The third-order valence-electron chi connectivity index (χ3n) is 3.22. The molecule has 0 aromatic heterocycles. The van der Waals surface area contributed by atoms with Gasteiger partial charge in [-0.05, 0) is 26.0 Å². The molecule has 1 aliphatic rings. The highest BCUT2D eigenvalue weighted by molar-refractivity contribution is 5.95. The first-order chi connectivity index (χ1) is 11.0. The lowest BCUT2D eigenvalue weighted by atomic mass is 10.0. The van der Waals surface area contributed by atoms with Crippen molar-refractivity contribution in [1.29, 1.82) is 0 Å². The number of carbonyl (C=O) groups excluding carboxylic acids is 3. The number of ether oxygens (including phenoxy) is 2. The van der Waals surface area contributed by atoms with Gasteiger partial charge in [0.1, 0.15) is 6.61 Å². The molecule has 7 nitrogen and oxygen atoms in total. The Morgan fingerprint density at radius 3 is 2.48 bits per heavy atom. The number of amides is 2. The van der Waals surface area contributed by atoms with Gasteiger partial charge in [-0.25, -0.2) is 14.4 Å². The molecule has 2 rings (SSSR count). The zero-order valence-electron chi connectivity index (χ0n) is 12.9. The molecule has 2 amide bonds. The van der Waals surface area contributed by atoms with Crippen LogP contribution in [0.3, 0.4) is 0 Å². The molecule has 0 saturated heterocycles. The van der Waals surface area contributed by atoms with Crippen LogP contribution in [0.5, 0.6) is 0 Å². The van der Waals surface area contributed by atoms with E-state index < -0.39 is 24.0 Å². The van der Waals surface area contributed by atoms with Crippen LogP contribution in [0.2, 0.25) is 0 Å². The Balaban J connectivity index is 2.15. The van der Waals surface area contributed by atoms with E-state index in [1.807, 2.05) is 0 Å². The number of nitrogens with one attached hydrogen (secondary N) is 2. The van der Waals surface area contributed by atoms with Crippen molar-refractivity contribution in [2.45, 2.75) is 19.9 Å². The number of carbonyl (C=O) groups is 3. The van der Waals surface area contributed by atoms with E-state index in [0.29, 0.717) is 5.56 Å². The number of esters is 2. The molecule has 0 fully saturated rings. The van der Waals surface area contributed by atoms with Crippen LogP contribution in [0.15, 0.2) is 41.6 Å². The van der Waals surface area contributed by atoms with Gasteiger partial charge in [0.25, 0.3) is 0 Å². The third kappa shape index (κ3) is 4.09. The van der Waals surface area contributed by atoms with Crippen molar-refractivity contribution in [3.63, 3.8) is 0 Å². The summed E-state index contributed by atoms with van der Waals surface area (Å²) in [4.78, 5) is 35.6. The van der Waals surface area contributed by atoms with Crippen LogP contribution >= 0.6 is 0 Å². The molecule has 0 radical (unpaired) electrons. The molecular formula is C16H18N2O5. The highest BCUT2D eigenvalue weighted by Gasteiger charge is 2.30. The predicted molar refractivity (Wildman–Crippen MR) is 81.5 cm³/mol. The summed E-state index contributed by atoms with van der Waals surface area (Å²) < 4.78 is 10.2. The molecule has 7 heteroatoms. The van der Waals surface area contributed by atoms with E-state index in [0.717, 1.165) is 0 Å². The van der Waals surface area contributed by atoms with Crippen molar-refractivity contribution in [1.82, 2.24) is 10.6 Å². The summed E-state index contributed by atoms with van der Waals surface area (Å²) in [6, 6.07) is 7.46. The number of hydrogen-bond donors (Lipinski definition) is 2. The quantitative estimate of drug-likeness (QED) is 0.800. The summed E-state index contributed by atoms with van der Waals surface area (Å²) in [7, 11) is 0. The molecule has 0 saturated carbocycles.